The molecule has 0 aliphatic carbocycles. The van der Waals surface area contributed by atoms with Crippen molar-refractivity contribution >= 4 is 124 Å². The first kappa shape index (κ1) is 101. The van der Waals surface area contributed by atoms with Gasteiger partial charge in [-0.3, -0.25) is 91.9 Å². The van der Waals surface area contributed by atoms with Crippen LogP contribution in [0.2, 0.25) is 0 Å². The van der Waals surface area contributed by atoms with Gasteiger partial charge in [-0.25, -0.2) is 0 Å². The van der Waals surface area contributed by atoms with Gasteiger partial charge in [0.15, 0.2) is 47.0 Å². The first-order valence-corrected chi connectivity index (χ1v) is 41.6. The van der Waals surface area contributed by atoms with Crippen molar-refractivity contribution < 1.29 is 77.0 Å². The molecule has 118 heavy (non-hydrogen) atoms. The maximum atomic E-state index is 15.0. The lowest BCUT2D eigenvalue weighted by Crippen LogP contribution is -2.57. The normalized spacial score (nSPS) is 23.5. The Balaban J connectivity index is 2.42. The second-order valence-electron chi connectivity index (χ2n) is 31.0. The number of thioether (sulfide) groups is 1. The fraction of sp³-hybridized carbons (Fsp3) is 0.617. The van der Waals surface area contributed by atoms with Gasteiger partial charge >= 0.3 is 5.97 Å². The van der Waals surface area contributed by atoms with Gasteiger partial charge in [0.2, 0.25) is 47.3 Å². The number of primary amides is 1. The second kappa shape index (κ2) is 53.4. The number of carbonyl (C=O) groups is 15. The smallest absolute Gasteiger partial charge is 0.305 e. The zero-order chi connectivity index (χ0) is 88.3. The summed E-state index contributed by atoms with van der Waals surface area (Å²) in [6, 6.07) is 6.63. The van der Waals surface area contributed by atoms with Gasteiger partial charge in [0.25, 0.3) is 0 Å². The molecule has 0 spiro atoms. The Morgan fingerprint density at radius 2 is 0.831 bits per heavy atom. The first-order chi connectivity index (χ1) is 55.7. The van der Waals surface area contributed by atoms with Gasteiger partial charge in [-0.05, 0) is 92.6 Å². The molecular weight excluding hydrogens is 1540 g/mol. The lowest BCUT2D eigenvalue weighted by molar-refractivity contribution is -0.142. The molecule has 0 aromatic heterocycles. The van der Waals surface area contributed by atoms with Crippen LogP contribution in [0.5, 0.6) is 0 Å². The minimum atomic E-state index is -1.92. The monoisotopic (exact) mass is 1670 g/mol. The maximum absolute atomic E-state index is 15.0. The van der Waals surface area contributed by atoms with Crippen molar-refractivity contribution in [3.63, 3.8) is 0 Å². The number of ketones is 6. The fourth-order valence-corrected chi connectivity index (χ4v) is 14.5. The van der Waals surface area contributed by atoms with Gasteiger partial charge in [-0.2, -0.15) is 0 Å². The number of carbonyl (C=O) groups excluding carboxylic acids is 14. The highest BCUT2D eigenvalue weighted by Crippen LogP contribution is 2.31. The van der Waals surface area contributed by atoms with Gasteiger partial charge in [0.1, 0.15) is 29.7 Å². The number of amides is 8. The molecule has 1 aliphatic rings. The summed E-state index contributed by atoms with van der Waals surface area (Å²) in [6.07, 6.45) is -4.14. The first-order valence-electron chi connectivity index (χ1n) is 40.4. The van der Waals surface area contributed by atoms with Crippen molar-refractivity contribution in [3.8, 4) is 0 Å². The number of nitrogens with zero attached hydrogens (tertiary/aromatic N) is 4. The van der Waals surface area contributed by atoms with Crippen molar-refractivity contribution in [1.29, 1.82) is 0 Å². The summed E-state index contributed by atoms with van der Waals surface area (Å²) in [6.45, 7) is 13.7. The minimum Gasteiger partial charge on any atom is -0.481 e. The molecule has 0 unspecified atom stereocenters. The number of aliphatic imine (C=N–C) groups is 4. The summed E-state index contributed by atoms with van der Waals surface area (Å²) in [5.41, 5.74) is 51.8. The van der Waals surface area contributed by atoms with E-state index in [0.29, 0.717) is 24.0 Å². The van der Waals surface area contributed by atoms with Crippen molar-refractivity contribution in [2.45, 2.75) is 226 Å². The third-order valence-corrected chi connectivity index (χ3v) is 21.9. The van der Waals surface area contributed by atoms with Crippen LogP contribution in [-0.4, -0.2) is 197 Å². The molecule has 14 atom stereocenters. The molecule has 2 aromatic rings. The van der Waals surface area contributed by atoms with Crippen molar-refractivity contribution in [2.75, 3.05) is 37.7 Å². The van der Waals surface area contributed by atoms with E-state index in [9.17, 15) is 67.4 Å². The molecular formula is C81H128N20O16S. The van der Waals surface area contributed by atoms with E-state index in [1.54, 1.807) is 116 Å². The number of hydrogen-bond donors (Lipinski definition) is 17. The average Bonchev–Trinajstić information content (AvgIpc) is 0.840. The molecule has 3 rings (SSSR count). The number of rotatable bonds is 32. The summed E-state index contributed by atoms with van der Waals surface area (Å²) in [4.78, 5) is 234. The number of nitrogens with one attached hydrogen (secondary N) is 7. The summed E-state index contributed by atoms with van der Waals surface area (Å²) < 4.78 is 0. The standard InChI is InChI=1S/C81H128N20O16S/c1-9-47(7)55-41-64(104)53(45(3)4)39-67(107)71(48(8)10-2)101-73(113)52(26-18-32-92-79(85)86)38-65(105)58(35-49-21-13-11-14-22-49)95-69(109)44-118-43-61(62(102)29-30-68(82)108)100-75(115)57(28-20-34-94-81(89)90)97-76(116)59(36-50-23-15-12-16-24-50)99-74(114)54(46(5)6)40-66(106)56(27-19-33-93-80(87)88)96-77(117)60(42-70(110)111)98-72(112)51(37-63(55)103)25-17-31-91-78(83)84/h11-16,21-24,45-48,51-61,71H,9-10,17-20,25-44H2,1-8H3,(H2,82,108)(H,95,109)(H,96,117)(H,97,116)(H,98,112)(H,99,114)(H,100,115)(H,101,113)(H,110,111)(H4,83,84,91)(H4,85,86,92)(H4,87,88,93)(H4,89,90,94)/t47-,48-,51+,52+,53-,54-,55-,56-,57-,58-,59-,60-,61-,71-/m0/s1. The number of benzene rings is 2. The van der Waals surface area contributed by atoms with Crippen LogP contribution in [0.1, 0.15) is 182 Å². The Morgan fingerprint density at radius 3 is 1.31 bits per heavy atom. The van der Waals surface area contributed by atoms with Crippen LogP contribution in [0.25, 0.3) is 0 Å². The Labute approximate surface area is 694 Å². The van der Waals surface area contributed by atoms with E-state index in [1.807, 2.05) is 0 Å². The molecule has 36 nitrogen and oxygen atoms in total. The molecule has 654 valence electrons. The van der Waals surface area contributed by atoms with Crippen LogP contribution < -0.4 is 88.8 Å². The third-order valence-electron chi connectivity index (χ3n) is 20.9. The molecule has 1 fully saturated rings. The Morgan fingerprint density at radius 1 is 0.424 bits per heavy atom. The quantitative estimate of drug-likeness (QED) is 0.0268. The van der Waals surface area contributed by atoms with Gasteiger partial charge < -0.3 is 93.9 Å². The largest absolute Gasteiger partial charge is 0.481 e. The van der Waals surface area contributed by atoms with Gasteiger partial charge in [-0.15, -0.1) is 11.8 Å². The van der Waals surface area contributed by atoms with E-state index in [-0.39, 0.29) is 120 Å². The number of Topliss-reactive ketones (excluding diaryl/α,β-unsaturated/α-hetero) is 6. The Hall–Kier alpha value is -10.9. The van der Waals surface area contributed by atoms with E-state index < -0.39 is 241 Å². The zero-order valence-corrected chi connectivity index (χ0v) is 70.2. The highest BCUT2D eigenvalue weighted by molar-refractivity contribution is 8.00. The number of aliphatic carboxylic acids is 1. The predicted octanol–water partition coefficient (Wildman–Crippen LogP) is 0.417. The highest BCUT2D eigenvalue weighted by atomic mass is 32.2. The van der Waals surface area contributed by atoms with E-state index in [1.165, 1.54) is 0 Å². The number of hydrogen-bond acceptors (Lipinski definition) is 20. The molecule has 1 saturated heterocycles. The van der Waals surface area contributed by atoms with Crippen LogP contribution in [-0.2, 0) is 84.8 Å². The zero-order valence-electron chi connectivity index (χ0n) is 69.4. The Kier molecular flexibility index (Phi) is 45.9. The van der Waals surface area contributed by atoms with Crippen LogP contribution in [0.4, 0.5) is 0 Å². The summed E-state index contributed by atoms with van der Waals surface area (Å²) >= 11 is 0.865. The highest BCUT2D eigenvalue weighted by Gasteiger charge is 2.41. The molecule has 2 aromatic carbocycles. The van der Waals surface area contributed by atoms with Crippen molar-refractivity contribution in [2.24, 2.45) is 125 Å². The molecule has 1 aliphatic heterocycles. The summed E-state index contributed by atoms with van der Waals surface area (Å²) in [5, 5.41) is 29.3. The van der Waals surface area contributed by atoms with E-state index in [0.717, 1.165) is 11.8 Å². The lowest BCUT2D eigenvalue weighted by Gasteiger charge is -2.30. The van der Waals surface area contributed by atoms with Gasteiger partial charge in [0.05, 0.1) is 36.3 Å². The van der Waals surface area contributed by atoms with Crippen LogP contribution in [0, 0.1) is 53.3 Å². The third kappa shape index (κ3) is 38.5. The minimum absolute atomic E-state index is 0.000272. The number of carboxylic acid groups (broad SMARTS) is 1. The topological polar surface area (TPSA) is 644 Å². The van der Waals surface area contributed by atoms with Gasteiger partial charge in [0, 0.05) is 113 Å². The van der Waals surface area contributed by atoms with Crippen LogP contribution in [0.3, 0.4) is 0 Å². The fourth-order valence-electron chi connectivity index (χ4n) is 13.6. The van der Waals surface area contributed by atoms with Crippen molar-refractivity contribution in [3.05, 3.63) is 71.8 Å². The number of nitrogens with two attached hydrogens (primary N) is 9. The summed E-state index contributed by atoms with van der Waals surface area (Å²) in [7, 11) is 0. The second-order valence-corrected chi connectivity index (χ2v) is 32.0. The van der Waals surface area contributed by atoms with Crippen LogP contribution >= 0.6 is 11.8 Å². The molecule has 1 heterocycles. The van der Waals surface area contributed by atoms with Gasteiger partial charge in [-0.1, -0.05) is 129 Å². The van der Waals surface area contributed by atoms with Crippen LogP contribution in [0.15, 0.2) is 80.6 Å². The van der Waals surface area contributed by atoms with Crippen molar-refractivity contribution in [1.82, 2.24) is 37.2 Å². The predicted molar refractivity (Wildman–Crippen MR) is 451 cm³/mol. The lowest BCUT2D eigenvalue weighted by atomic mass is 9.75. The molecule has 37 heteroatoms. The van der Waals surface area contributed by atoms with E-state index in [4.69, 9.17) is 51.6 Å². The molecule has 0 saturated carbocycles. The molecule has 8 amide bonds. The number of carboxylic acids is 1. The molecule has 0 bridgehead atoms. The molecule has 26 N–H and O–H groups in total. The Bertz CT molecular complexity index is 3810. The summed E-state index contributed by atoms with van der Waals surface area (Å²) in [5.74, 6) is -22.2. The average molecular weight is 1670 g/mol. The number of guanidine groups is 4. The molecule has 0 radical (unpaired) electrons. The van der Waals surface area contributed by atoms with E-state index >= 15 is 9.59 Å². The maximum Gasteiger partial charge on any atom is 0.305 e. The SMILES string of the molecule is CC[C@H](C)[C@@H]1CC(=O)[C@H](C(C)C)CC(=O)[C@H]([C@@H](C)CC)NC(=O)[C@H](CCCN=C(N)N)CC(=O)[C@H](Cc2ccccc2)NC(=O)CSC[C@@H](C(=O)CCC(N)=O)NC(=O)[C@H](CCCN=C(N)N)NC(=O)[C@H](Cc2ccccc2)NC(=O)[C@H](C(C)C)CC(=O)[C@H](CCCN=C(N)N)NC(=O)[C@H](CC(=O)O)NC(=O)[C@H](CCCN=C(N)N)CC1=O. The van der Waals surface area contributed by atoms with E-state index in [2.05, 4.69) is 57.2 Å².